The van der Waals surface area contributed by atoms with Crippen LogP contribution in [0.15, 0.2) is 42.0 Å². The normalized spacial score (nSPS) is 18.0. The maximum atomic E-state index is 12.6. The lowest BCUT2D eigenvalue weighted by molar-refractivity contribution is 0.0772. The van der Waals surface area contributed by atoms with Gasteiger partial charge in [-0.3, -0.25) is 4.79 Å². The van der Waals surface area contributed by atoms with Crippen molar-refractivity contribution in [2.45, 2.75) is 12.5 Å². The van der Waals surface area contributed by atoms with E-state index in [1.54, 1.807) is 6.20 Å². The first-order chi connectivity index (χ1) is 10.8. The number of aromatic nitrogens is 2. The van der Waals surface area contributed by atoms with E-state index in [0.717, 1.165) is 29.4 Å². The minimum absolute atomic E-state index is 0.0334. The molecule has 1 N–H and O–H groups in total. The largest absolute Gasteiger partial charge is 0.465 e. The van der Waals surface area contributed by atoms with Crippen molar-refractivity contribution in [2.75, 3.05) is 13.1 Å². The first kappa shape index (κ1) is 13.3. The molecule has 0 spiro atoms. The van der Waals surface area contributed by atoms with Crippen molar-refractivity contribution < 1.29 is 9.53 Å². The van der Waals surface area contributed by atoms with Crippen LogP contribution in [0.1, 0.15) is 16.8 Å². The van der Waals surface area contributed by atoms with E-state index in [1.165, 1.54) is 11.3 Å². The van der Waals surface area contributed by atoms with Crippen LogP contribution in [0.25, 0.3) is 10.9 Å². The number of hydrogen-bond donors (Lipinski definition) is 1. The van der Waals surface area contributed by atoms with Gasteiger partial charge in [-0.2, -0.15) is 0 Å². The third kappa shape index (κ3) is 2.46. The fourth-order valence-electron chi connectivity index (χ4n) is 2.79. The molecular formula is C16H15N3O2S. The summed E-state index contributed by atoms with van der Waals surface area (Å²) in [6, 6.07) is 7.73. The molecule has 112 valence electrons. The number of carbonyl (C=O) groups excluding carboxylic acids is 1. The predicted molar refractivity (Wildman–Crippen MR) is 85.3 cm³/mol. The lowest BCUT2D eigenvalue weighted by Crippen LogP contribution is -2.30. The summed E-state index contributed by atoms with van der Waals surface area (Å²) in [6.07, 6.45) is 4.49. The third-order valence-electron chi connectivity index (χ3n) is 3.91. The Kier molecular flexibility index (Phi) is 3.31. The summed E-state index contributed by atoms with van der Waals surface area (Å²) in [5, 5.41) is 3.62. The molecule has 3 heterocycles. The molecular weight excluding hydrogens is 298 g/mol. The summed E-state index contributed by atoms with van der Waals surface area (Å²) in [4.78, 5) is 21.7. The number of aromatic amines is 1. The lowest BCUT2D eigenvalue weighted by Gasteiger charge is -2.16. The fourth-order valence-corrected chi connectivity index (χ4v) is 3.34. The second-order valence-electron chi connectivity index (χ2n) is 5.36. The highest BCUT2D eigenvalue weighted by Gasteiger charge is 2.28. The second-order valence-corrected chi connectivity index (χ2v) is 6.21. The summed E-state index contributed by atoms with van der Waals surface area (Å²) in [7, 11) is 0. The van der Waals surface area contributed by atoms with Crippen molar-refractivity contribution in [3.05, 3.63) is 47.6 Å². The van der Waals surface area contributed by atoms with Gasteiger partial charge in [-0.25, -0.2) is 4.98 Å². The summed E-state index contributed by atoms with van der Waals surface area (Å²) < 4.78 is 5.80. The van der Waals surface area contributed by atoms with Crippen LogP contribution >= 0.6 is 11.3 Å². The van der Waals surface area contributed by atoms with Crippen LogP contribution in [-0.2, 0) is 0 Å². The average Bonchev–Trinajstić information content (AvgIpc) is 3.27. The smallest absolute Gasteiger partial charge is 0.273 e. The number of H-pyrrole nitrogens is 1. The van der Waals surface area contributed by atoms with Crippen molar-refractivity contribution in [1.29, 1.82) is 0 Å². The van der Waals surface area contributed by atoms with Gasteiger partial charge in [-0.1, -0.05) is 11.3 Å². The van der Waals surface area contributed by atoms with E-state index in [9.17, 15) is 4.79 Å². The van der Waals surface area contributed by atoms with Crippen molar-refractivity contribution in [3.8, 4) is 5.19 Å². The third-order valence-corrected chi connectivity index (χ3v) is 4.57. The lowest BCUT2D eigenvalue weighted by atomic mass is 10.1. The van der Waals surface area contributed by atoms with E-state index >= 15 is 0 Å². The molecule has 5 nitrogen and oxygen atoms in total. The summed E-state index contributed by atoms with van der Waals surface area (Å²) in [6.45, 7) is 1.34. The number of thiazole rings is 1. The van der Waals surface area contributed by atoms with Gasteiger partial charge in [0.1, 0.15) is 6.10 Å². The SMILES string of the molecule is O=C(c1ccc2[nH]ccc2c1)N1CCC(Oc2nccs2)C1. The molecule has 0 radical (unpaired) electrons. The zero-order valence-corrected chi connectivity index (χ0v) is 12.7. The number of rotatable bonds is 3. The van der Waals surface area contributed by atoms with Crippen LogP contribution in [0.3, 0.4) is 0 Å². The van der Waals surface area contributed by atoms with E-state index in [0.29, 0.717) is 11.7 Å². The number of nitrogens with one attached hydrogen (secondary N) is 1. The summed E-state index contributed by atoms with van der Waals surface area (Å²) >= 11 is 1.48. The molecule has 1 amide bonds. The molecule has 4 rings (SSSR count). The second kappa shape index (κ2) is 5.46. The minimum Gasteiger partial charge on any atom is -0.465 e. The van der Waals surface area contributed by atoms with Crippen LogP contribution in [0.5, 0.6) is 5.19 Å². The molecule has 0 bridgehead atoms. The Morgan fingerprint density at radius 2 is 2.36 bits per heavy atom. The monoisotopic (exact) mass is 313 g/mol. The molecule has 1 atom stereocenters. The summed E-state index contributed by atoms with van der Waals surface area (Å²) in [5.74, 6) is 0.0633. The van der Waals surface area contributed by atoms with E-state index in [2.05, 4.69) is 9.97 Å². The minimum atomic E-state index is 0.0334. The highest BCUT2D eigenvalue weighted by Crippen LogP contribution is 2.22. The fraction of sp³-hybridized carbons (Fsp3) is 0.250. The van der Waals surface area contributed by atoms with Crippen molar-refractivity contribution in [3.63, 3.8) is 0 Å². The van der Waals surface area contributed by atoms with Crippen molar-refractivity contribution in [1.82, 2.24) is 14.9 Å². The maximum Gasteiger partial charge on any atom is 0.273 e. The Hall–Kier alpha value is -2.34. The Balaban J connectivity index is 1.46. The molecule has 1 fully saturated rings. The molecule has 0 aliphatic carbocycles. The number of ether oxygens (including phenoxy) is 1. The van der Waals surface area contributed by atoms with E-state index in [4.69, 9.17) is 4.74 Å². The van der Waals surface area contributed by atoms with Gasteiger partial charge in [0, 0.05) is 47.2 Å². The molecule has 3 aromatic rings. The van der Waals surface area contributed by atoms with Gasteiger partial charge in [0.05, 0.1) is 6.54 Å². The zero-order valence-electron chi connectivity index (χ0n) is 11.9. The molecule has 6 heteroatoms. The van der Waals surface area contributed by atoms with E-state index in [1.807, 2.05) is 40.7 Å². The van der Waals surface area contributed by atoms with Crippen LogP contribution in [0.2, 0.25) is 0 Å². The quantitative estimate of drug-likeness (QED) is 0.809. The van der Waals surface area contributed by atoms with Gasteiger partial charge in [0.25, 0.3) is 11.1 Å². The Bertz CT molecular complexity index is 797. The maximum absolute atomic E-state index is 12.6. The van der Waals surface area contributed by atoms with Crippen molar-refractivity contribution in [2.24, 2.45) is 0 Å². The van der Waals surface area contributed by atoms with Gasteiger partial charge < -0.3 is 14.6 Å². The van der Waals surface area contributed by atoms with Crippen LogP contribution in [0.4, 0.5) is 0 Å². The van der Waals surface area contributed by atoms with Crippen LogP contribution < -0.4 is 4.74 Å². The van der Waals surface area contributed by atoms with Crippen molar-refractivity contribution >= 4 is 28.1 Å². The first-order valence-corrected chi connectivity index (χ1v) is 8.10. The number of hydrogen-bond acceptors (Lipinski definition) is 4. The van der Waals surface area contributed by atoms with Gasteiger partial charge in [0.2, 0.25) is 0 Å². The molecule has 1 aromatic carbocycles. The van der Waals surface area contributed by atoms with Crippen LogP contribution in [-0.4, -0.2) is 40.0 Å². The molecule has 0 saturated carbocycles. The average molecular weight is 313 g/mol. The molecule has 1 unspecified atom stereocenters. The Morgan fingerprint density at radius 1 is 1.41 bits per heavy atom. The number of nitrogens with zero attached hydrogens (tertiary/aromatic N) is 2. The molecule has 1 saturated heterocycles. The van der Waals surface area contributed by atoms with Crippen LogP contribution in [0, 0.1) is 0 Å². The number of carbonyl (C=O) groups is 1. The van der Waals surface area contributed by atoms with Gasteiger partial charge >= 0.3 is 0 Å². The summed E-state index contributed by atoms with van der Waals surface area (Å²) in [5.41, 5.74) is 1.77. The molecule has 1 aliphatic heterocycles. The van der Waals surface area contributed by atoms with Gasteiger partial charge in [-0.05, 0) is 24.3 Å². The Labute approximate surface area is 131 Å². The topological polar surface area (TPSA) is 58.2 Å². The first-order valence-electron chi connectivity index (χ1n) is 7.22. The Morgan fingerprint density at radius 3 is 3.23 bits per heavy atom. The number of benzene rings is 1. The molecule has 1 aliphatic rings. The van der Waals surface area contributed by atoms with Gasteiger partial charge in [-0.15, -0.1) is 0 Å². The highest BCUT2D eigenvalue weighted by molar-refractivity contribution is 7.11. The van der Waals surface area contributed by atoms with E-state index < -0.39 is 0 Å². The molecule has 22 heavy (non-hydrogen) atoms. The zero-order chi connectivity index (χ0) is 14.9. The number of amides is 1. The van der Waals surface area contributed by atoms with Gasteiger partial charge in [0.15, 0.2) is 0 Å². The number of fused-ring (bicyclic) bond motifs is 1. The van der Waals surface area contributed by atoms with E-state index in [-0.39, 0.29) is 12.0 Å². The standard InChI is InChI=1S/C16H15N3O2S/c20-15(12-1-2-14-11(9-12)3-5-17-14)19-7-4-13(10-19)21-16-18-6-8-22-16/h1-3,5-6,8-9,13,17H,4,7,10H2. The predicted octanol–water partition coefficient (Wildman–Crippen LogP) is 2.92. The molecule has 2 aromatic heterocycles. The number of likely N-dealkylation sites (tertiary alicyclic amines) is 1. The highest BCUT2D eigenvalue weighted by atomic mass is 32.1.